The molecular weight excluding hydrogens is 434 g/mol. The first-order chi connectivity index (χ1) is 17.0. The van der Waals surface area contributed by atoms with Crippen molar-refractivity contribution in [3.05, 3.63) is 65.6 Å². The van der Waals surface area contributed by atoms with E-state index in [9.17, 15) is 4.79 Å². The van der Waals surface area contributed by atoms with E-state index in [-0.39, 0.29) is 11.8 Å². The van der Waals surface area contributed by atoms with Crippen LogP contribution in [0.5, 0.6) is 0 Å². The molecule has 3 aliphatic rings. The maximum absolute atomic E-state index is 13.9. The molecule has 2 aliphatic carbocycles. The van der Waals surface area contributed by atoms with Gasteiger partial charge >= 0.3 is 0 Å². The zero-order valence-electron chi connectivity index (χ0n) is 21.3. The summed E-state index contributed by atoms with van der Waals surface area (Å²) < 4.78 is 0. The molecule has 1 aliphatic heterocycles. The summed E-state index contributed by atoms with van der Waals surface area (Å²) >= 11 is 0. The van der Waals surface area contributed by atoms with Crippen molar-refractivity contribution in [3.63, 3.8) is 0 Å². The lowest BCUT2D eigenvalue weighted by atomic mass is 9.94. The Hall–Kier alpha value is -2.73. The summed E-state index contributed by atoms with van der Waals surface area (Å²) in [6.45, 7) is 10.9. The fourth-order valence-electron chi connectivity index (χ4n) is 5.69. The number of hydrogen-bond donors (Lipinski definition) is 0. The number of likely N-dealkylation sites (N-methyl/N-ethyl adjacent to an activating group) is 1. The Morgan fingerprint density at radius 3 is 2.57 bits per heavy atom. The van der Waals surface area contributed by atoms with Crippen LogP contribution in [0.4, 0.5) is 5.82 Å². The Kier molecular flexibility index (Phi) is 7.19. The molecule has 2 heterocycles. The molecule has 6 heteroatoms. The number of rotatable bonds is 9. The molecule has 0 N–H and O–H groups in total. The molecule has 0 radical (unpaired) electrons. The highest BCUT2D eigenvalue weighted by molar-refractivity contribution is 5.84. The molecule has 1 aromatic heterocycles. The van der Waals surface area contributed by atoms with Gasteiger partial charge in [-0.15, -0.1) is 6.58 Å². The third kappa shape index (κ3) is 5.27. The SMILES string of the molecule is C=CCCN(C)CC(C(=O)N1CCN(c2ncnc3c2C(C)CC3)CC1)c1ccc(C2CC2)cc1. The van der Waals surface area contributed by atoms with Crippen LogP contribution in [0.25, 0.3) is 0 Å². The molecule has 1 aromatic carbocycles. The second-order valence-electron chi connectivity index (χ2n) is 10.6. The maximum Gasteiger partial charge on any atom is 0.231 e. The van der Waals surface area contributed by atoms with Crippen LogP contribution in [0, 0.1) is 0 Å². The number of aryl methyl sites for hydroxylation is 1. The van der Waals surface area contributed by atoms with Crippen molar-refractivity contribution in [2.24, 2.45) is 0 Å². The van der Waals surface area contributed by atoms with Crippen LogP contribution in [-0.2, 0) is 11.2 Å². The Bertz CT molecular complexity index is 1040. The minimum atomic E-state index is -0.145. The third-order valence-electron chi connectivity index (χ3n) is 8.04. The van der Waals surface area contributed by atoms with Crippen LogP contribution >= 0.6 is 0 Å². The van der Waals surface area contributed by atoms with Crippen LogP contribution in [-0.4, -0.2) is 72.0 Å². The Balaban J connectivity index is 1.29. The van der Waals surface area contributed by atoms with Gasteiger partial charge in [0.05, 0.1) is 5.92 Å². The normalized spacial score (nSPS) is 20.7. The van der Waals surface area contributed by atoms with Gasteiger partial charge in [-0.05, 0) is 62.1 Å². The van der Waals surface area contributed by atoms with Crippen LogP contribution < -0.4 is 4.90 Å². The summed E-state index contributed by atoms with van der Waals surface area (Å²) in [5.74, 6) is 2.43. The average molecular weight is 474 g/mol. The molecule has 1 saturated carbocycles. The van der Waals surface area contributed by atoms with Gasteiger partial charge in [-0.3, -0.25) is 4.79 Å². The second-order valence-corrected chi connectivity index (χ2v) is 10.6. The zero-order chi connectivity index (χ0) is 24.4. The van der Waals surface area contributed by atoms with E-state index >= 15 is 0 Å². The smallest absolute Gasteiger partial charge is 0.231 e. The largest absolute Gasteiger partial charge is 0.353 e. The summed E-state index contributed by atoms with van der Waals surface area (Å²) in [6, 6.07) is 8.87. The molecule has 186 valence electrons. The summed E-state index contributed by atoms with van der Waals surface area (Å²) in [4.78, 5) is 29.7. The zero-order valence-corrected chi connectivity index (χ0v) is 21.3. The monoisotopic (exact) mass is 473 g/mol. The fraction of sp³-hybridized carbons (Fsp3) is 0.552. The predicted molar refractivity (Wildman–Crippen MR) is 141 cm³/mol. The number of anilines is 1. The second kappa shape index (κ2) is 10.5. The van der Waals surface area contributed by atoms with Crippen LogP contribution in [0.2, 0.25) is 0 Å². The number of nitrogens with zero attached hydrogens (tertiary/aromatic N) is 5. The van der Waals surface area contributed by atoms with Gasteiger partial charge in [0.1, 0.15) is 12.1 Å². The lowest BCUT2D eigenvalue weighted by Gasteiger charge is -2.38. The van der Waals surface area contributed by atoms with E-state index in [1.165, 1.54) is 29.7 Å². The lowest BCUT2D eigenvalue weighted by molar-refractivity contribution is -0.133. The highest BCUT2D eigenvalue weighted by atomic mass is 16.2. The summed E-state index contributed by atoms with van der Waals surface area (Å²) in [7, 11) is 2.11. The van der Waals surface area contributed by atoms with Gasteiger partial charge in [-0.1, -0.05) is 37.3 Å². The predicted octanol–water partition coefficient (Wildman–Crippen LogP) is 4.34. The van der Waals surface area contributed by atoms with Gasteiger partial charge in [0, 0.05) is 50.5 Å². The topological polar surface area (TPSA) is 52.6 Å². The van der Waals surface area contributed by atoms with Crippen LogP contribution in [0.3, 0.4) is 0 Å². The van der Waals surface area contributed by atoms with E-state index in [4.69, 9.17) is 0 Å². The minimum absolute atomic E-state index is 0.145. The van der Waals surface area contributed by atoms with Gasteiger partial charge in [0.2, 0.25) is 5.91 Å². The highest BCUT2D eigenvalue weighted by Gasteiger charge is 2.33. The van der Waals surface area contributed by atoms with Crippen molar-refractivity contribution in [1.82, 2.24) is 19.8 Å². The number of benzene rings is 1. The highest BCUT2D eigenvalue weighted by Crippen LogP contribution is 2.40. The quantitative estimate of drug-likeness (QED) is 0.507. The molecular formula is C29H39N5O. The van der Waals surface area contributed by atoms with Gasteiger partial charge in [-0.2, -0.15) is 0 Å². The Morgan fingerprint density at radius 2 is 1.89 bits per heavy atom. The summed E-state index contributed by atoms with van der Waals surface area (Å²) in [5, 5.41) is 0. The van der Waals surface area contributed by atoms with E-state index in [0.717, 1.165) is 75.8 Å². The van der Waals surface area contributed by atoms with Crippen molar-refractivity contribution in [2.75, 3.05) is 51.2 Å². The first-order valence-corrected chi connectivity index (χ1v) is 13.3. The minimum Gasteiger partial charge on any atom is -0.353 e. The molecule has 2 unspecified atom stereocenters. The molecule has 2 fully saturated rings. The molecule has 2 aromatic rings. The van der Waals surface area contributed by atoms with E-state index in [2.05, 4.69) is 69.5 Å². The molecule has 0 spiro atoms. The molecule has 6 nitrogen and oxygen atoms in total. The van der Waals surface area contributed by atoms with Gasteiger partial charge < -0.3 is 14.7 Å². The number of piperazine rings is 1. The standard InChI is InChI=1S/C29H39N5O/c1-4-5-14-32(3)19-25(24-11-9-23(10-12-24)22-7-8-22)29(35)34-17-15-33(16-18-34)28-27-21(2)6-13-26(27)30-20-31-28/h4,9-12,20-22,25H,1,5-8,13-19H2,2-3H3. The van der Waals surface area contributed by atoms with Crippen molar-refractivity contribution >= 4 is 11.7 Å². The third-order valence-corrected chi connectivity index (χ3v) is 8.04. The number of aromatic nitrogens is 2. The van der Waals surface area contributed by atoms with Crippen molar-refractivity contribution in [3.8, 4) is 0 Å². The summed E-state index contributed by atoms with van der Waals surface area (Å²) in [6.07, 6.45) is 9.38. The Morgan fingerprint density at radius 1 is 1.14 bits per heavy atom. The van der Waals surface area contributed by atoms with E-state index < -0.39 is 0 Å². The molecule has 0 bridgehead atoms. The molecule has 2 atom stereocenters. The van der Waals surface area contributed by atoms with Gasteiger partial charge in [0.15, 0.2) is 0 Å². The van der Waals surface area contributed by atoms with Crippen LogP contribution in [0.15, 0.2) is 43.2 Å². The van der Waals surface area contributed by atoms with E-state index in [1.54, 1.807) is 6.33 Å². The van der Waals surface area contributed by atoms with Crippen molar-refractivity contribution < 1.29 is 4.79 Å². The number of carbonyl (C=O) groups is 1. The first-order valence-electron chi connectivity index (χ1n) is 13.3. The average Bonchev–Trinajstić information content (AvgIpc) is 3.68. The lowest BCUT2D eigenvalue weighted by Crippen LogP contribution is -2.51. The Labute approximate surface area is 210 Å². The summed E-state index contributed by atoms with van der Waals surface area (Å²) in [5.41, 5.74) is 5.08. The van der Waals surface area contributed by atoms with Crippen molar-refractivity contribution in [2.45, 2.75) is 56.8 Å². The molecule has 1 amide bonds. The number of amides is 1. The van der Waals surface area contributed by atoms with Gasteiger partial charge in [0.25, 0.3) is 0 Å². The van der Waals surface area contributed by atoms with Gasteiger partial charge in [-0.25, -0.2) is 9.97 Å². The van der Waals surface area contributed by atoms with Crippen LogP contribution in [0.1, 0.15) is 72.7 Å². The van der Waals surface area contributed by atoms with E-state index in [1.807, 2.05) is 6.08 Å². The van der Waals surface area contributed by atoms with E-state index in [0.29, 0.717) is 5.92 Å². The molecule has 1 saturated heterocycles. The fourth-order valence-corrected chi connectivity index (χ4v) is 5.69. The molecule has 5 rings (SSSR count). The number of fused-ring (bicyclic) bond motifs is 1. The number of carbonyl (C=O) groups excluding carboxylic acids is 1. The molecule has 35 heavy (non-hydrogen) atoms. The first kappa shape index (κ1) is 24.0. The van der Waals surface area contributed by atoms with Crippen molar-refractivity contribution in [1.29, 1.82) is 0 Å². The maximum atomic E-state index is 13.9. The number of hydrogen-bond acceptors (Lipinski definition) is 5.